The Bertz CT molecular complexity index is 1360. The van der Waals surface area contributed by atoms with Crippen LogP contribution in [0.25, 0.3) is 39.1 Å². The van der Waals surface area contributed by atoms with E-state index in [0.29, 0.717) is 34.4 Å². The Kier molecular flexibility index (Phi) is 4.64. The average Bonchev–Trinajstić information content (AvgIpc) is 3.15. The number of pyridine rings is 1. The van der Waals surface area contributed by atoms with E-state index in [-0.39, 0.29) is 0 Å². The first-order valence-corrected chi connectivity index (χ1v) is 13.5. The zero-order valence-electron chi connectivity index (χ0n) is 17.6. The Labute approximate surface area is 184 Å². The van der Waals surface area contributed by atoms with Crippen molar-refractivity contribution in [2.75, 3.05) is 0 Å². The van der Waals surface area contributed by atoms with Crippen LogP contribution in [-0.2, 0) is 6.42 Å². The van der Waals surface area contributed by atoms with Gasteiger partial charge in [0.25, 0.3) is 0 Å². The SMILES string of the molecule is Cc1cc(C)cc(-c2nccc3c2[se]c2c4ccc(CC(C)(C)C)cc4[se]c32)c1. The molecule has 0 unspecified atom stereocenters. The maximum absolute atomic E-state index is 4.84. The Morgan fingerprint density at radius 1 is 0.793 bits per heavy atom. The molecule has 0 atom stereocenters. The molecular formula is C26H25NSe2. The second kappa shape index (κ2) is 6.96. The van der Waals surface area contributed by atoms with Gasteiger partial charge in [-0.1, -0.05) is 0 Å². The first-order chi connectivity index (χ1) is 13.8. The summed E-state index contributed by atoms with van der Waals surface area (Å²) in [4.78, 5) is 4.84. The van der Waals surface area contributed by atoms with Crippen LogP contribution in [0.1, 0.15) is 37.5 Å². The molecule has 0 saturated heterocycles. The Morgan fingerprint density at radius 3 is 2.24 bits per heavy atom. The molecule has 29 heavy (non-hydrogen) atoms. The van der Waals surface area contributed by atoms with Gasteiger partial charge in [-0.15, -0.1) is 0 Å². The molecule has 0 aliphatic carbocycles. The van der Waals surface area contributed by atoms with Crippen molar-refractivity contribution in [3.8, 4) is 11.3 Å². The molecule has 0 aliphatic heterocycles. The summed E-state index contributed by atoms with van der Waals surface area (Å²) in [5.41, 5.74) is 6.91. The van der Waals surface area contributed by atoms with Crippen LogP contribution in [-0.4, -0.2) is 34.0 Å². The van der Waals surface area contributed by atoms with Crippen molar-refractivity contribution < 1.29 is 0 Å². The molecule has 0 aliphatic rings. The first kappa shape index (κ1) is 19.3. The fraction of sp³-hybridized carbons (Fsp3) is 0.269. The zero-order valence-corrected chi connectivity index (χ0v) is 21.0. The molecule has 146 valence electrons. The van der Waals surface area contributed by atoms with Crippen LogP contribution in [0, 0.1) is 19.3 Å². The molecule has 5 aromatic rings. The van der Waals surface area contributed by atoms with Crippen LogP contribution >= 0.6 is 0 Å². The van der Waals surface area contributed by atoms with Crippen molar-refractivity contribution in [2.24, 2.45) is 5.41 Å². The third-order valence-corrected chi connectivity index (χ3v) is 11.0. The monoisotopic (exact) mass is 511 g/mol. The van der Waals surface area contributed by atoms with E-state index in [1.54, 1.807) is 12.8 Å². The predicted octanol–water partition coefficient (Wildman–Crippen LogP) is 6.53. The minimum atomic E-state index is 0.332. The molecule has 3 heterocycles. The van der Waals surface area contributed by atoms with Crippen molar-refractivity contribution in [3.05, 3.63) is 65.4 Å². The summed E-state index contributed by atoms with van der Waals surface area (Å²) in [6.45, 7) is 11.3. The van der Waals surface area contributed by atoms with Gasteiger partial charge in [-0.3, -0.25) is 0 Å². The second-order valence-electron chi connectivity index (χ2n) is 9.34. The van der Waals surface area contributed by atoms with E-state index in [1.807, 2.05) is 6.20 Å². The summed E-state index contributed by atoms with van der Waals surface area (Å²) >= 11 is 0.747. The van der Waals surface area contributed by atoms with Crippen LogP contribution in [0.5, 0.6) is 0 Å². The predicted molar refractivity (Wildman–Crippen MR) is 129 cm³/mol. The van der Waals surface area contributed by atoms with Gasteiger partial charge in [0.05, 0.1) is 0 Å². The molecule has 3 heteroatoms. The molecule has 3 aromatic heterocycles. The number of hydrogen-bond donors (Lipinski definition) is 0. The average molecular weight is 509 g/mol. The minimum absolute atomic E-state index is 0.332. The maximum atomic E-state index is 4.84. The van der Waals surface area contributed by atoms with Gasteiger partial charge in [0, 0.05) is 0 Å². The standard InChI is InChI=1S/C26H25NSe2/c1-15-10-16(2)12-18(11-15)22-23-20(8-9-27-22)25-24(29-23)19-7-6-17(13-21(19)28-25)14-26(3,4)5/h6-13H,14H2,1-5H3. The van der Waals surface area contributed by atoms with Gasteiger partial charge in [0.15, 0.2) is 0 Å². The number of aromatic nitrogens is 1. The normalized spacial score (nSPS) is 12.4. The molecule has 0 fully saturated rings. The molecule has 1 nitrogen and oxygen atoms in total. The van der Waals surface area contributed by atoms with Gasteiger partial charge in [-0.25, -0.2) is 0 Å². The molecule has 2 aromatic carbocycles. The van der Waals surface area contributed by atoms with Crippen molar-refractivity contribution >= 4 is 56.8 Å². The quantitative estimate of drug-likeness (QED) is 0.247. The molecule has 0 amide bonds. The molecular weight excluding hydrogens is 484 g/mol. The van der Waals surface area contributed by atoms with E-state index in [4.69, 9.17) is 4.98 Å². The third-order valence-electron chi connectivity index (χ3n) is 5.29. The first-order valence-electron chi connectivity index (χ1n) is 10.1. The van der Waals surface area contributed by atoms with Gasteiger partial charge in [0.1, 0.15) is 0 Å². The number of rotatable bonds is 2. The fourth-order valence-electron chi connectivity index (χ4n) is 4.27. The summed E-state index contributed by atoms with van der Waals surface area (Å²) in [5.74, 6) is 0. The Morgan fingerprint density at radius 2 is 1.52 bits per heavy atom. The fourth-order valence-corrected chi connectivity index (χ4v) is 10.9. The molecule has 0 radical (unpaired) electrons. The van der Waals surface area contributed by atoms with Crippen LogP contribution in [0.4, 0.5) is 0 Å². The van der Waals surface area contributed by atoms with Crippen molar-refractivity contribution in [3.63, 3.8) is 0 Å². The Balaban J connectivity index is 1.72. The van der Waals surface area contributed by atoms with Crippen molar-refractivity contribution in [1.29, 1.82) is 0 Å². The summed E-state index contributed by atoms with van der Waals surface area (Å²) in [6, 6.07) is 16.3. The molecule has 5 rings (SSSR count). The molecule has 0 spiro atoms. The van der Waals surface area contributed by atoms with E-state index >= 15 is 0 Å². The van der Waals surface area contributed by atoms with E-state index in [1.165, 1.54) is 43.0 Å². The van der Waals surface area contributed by atoms with Gasteiger partial charge >= 0.3 is 185 Å². The van der Waals surface area contributed by atoms with Gasteiger partial charge in [-0.2, -0.15) is 0 Å². The Hall–Kier alpha value is -1.63. The number of benzene rings is 2. The summed E-state index contributed by atoms with van der Waals surface area (Å²) < 4.78 is 6.30. The second-order valence-corrected chi connectivity index (χ2v) is 13.7. The molecule has 0 saturated carbocycles. The van der Waals surface area contributed by atoms with Gasteiger partial charge in [-0.05, 0) is 0 Å². The summed E-state index contributed by atoms with van der Waals surface area (Å²) in [6.07, 6.45) is 3.16. The van der Waals surface area contributed by atoms with Crippen molar-refractivity contribution in [1.82, 2.24) is 4.98 Å². The van der Waals surface area contributed by atoms with Crippen LogP contribution in [0.3, 0.4) is 0 Å². The third kappa shape index (κ3) is 3.55. The van der Waals surface area contributed by atoms with Crippen LogP contribution < -0.4 is 0 Å². The number of aryl methyl sites for hydroxylation is 2. The number of fused-ring (bicyclic) bond motifs is 5. The van der Waals surface area contributed by atoms with Gasteiger partial charge in [0.2, 0.25) is 0 Å². The van der Waals surface area contributed by atoms with Crippen LogP contribution in [0.15, 0.2) is 48.7 Å². The molecule has 0 N–H and O–H groups in total. The summed E-state index contributed by atoms with van der Waals surface area (Å²) in [7, 11) is 0. The molecule has 0 bridgehead atoms. The topological polar surface area (TPSA) is 12.9 Å². The van der Waals surface area contributed by atoms with E-state index in [9.17, 15) is 0 Å². The van der Waals surface area contributed by atoms with E-state index < -0.39 is 0 Å². The number of hydrogen-bond acceptors (Lipinski definition) is 1. The van der Waals surface area contributed by atoms with E-state index in [2.05, 4.69) is 77.1 Å². The van der Waals surface area contributed by atoms with Crippen LogP contribution in [0.2, 0.25) is 0 Å². The van der Waals surface area contributed by atoms with Gasteiger partial charge < -0.3 is 0 Å². The number of nitrogens with zero attached hydrogens (tertiary/aromatic N) is 1. The summed E-state index contributed by atoms with van der Waals surface area (Å²) in [5, 5.41) is 2.98. The zero-order chi connectivity index (χ0) is 20.3. The van der Waals surface area contributed by atoms with E-state index in [0.717, 1.165) is 6.42 Å². The van der Waals surface area contributed by atoms with Crippen molar-refractivity contribution in [2.45, 2.75) is 41.0 Å².